The van der Waals surface area contributed by atoms with E-state index in [2.05, 4.69) is 5.32 Å². The van der Waals surface area contributed by atoms with Crippen LogP contribution in [0.15, 0.2) is 18.2 Å². The number of nitrogens with one attached hydrogen (secondary N) is 1. The molecule has 1 aromatic carbocycles. The third-order valence-corrected chi connectivity index (χ3v) is 5.66. The number of alkyl halides is 3. The predicted molar refractivity (Wildman–Crippen MR) is 112 cm³/mol. The highest BCUT2D eigenvalue weighted by molar-refractivity contribution is 6.42. The van der Waals surface area contributed by atoms with Gasteiger partial charge in [0.1, 0.15) is 12.7 Å². The number of carboxylic acid groups (broad SMARTS) is 1. The summed E-state index contributed by atoms with van der Waals surface area (Å²) in [6.07, 6.45) is -7.55. The van der Waals surface area contributed by atoms with Crippen molar-refractivity contribution in [1.29, 1.82) is 0 Å². The van der Waals surface area contributed by atoms with Crippen LogP contribution in [0.2, 0.25) is 10.0 Å². The first-order valence-electron chi connectivity index (χ1n) is 9.23. The molecule has 2 unspecified atom stereocenters. The Balaban J connectivity index is 3.70. The Bertz CT molecular complexity index is 828. The predicted octanol–water partition coefficient (Wildman–Crippen LogP) is 4.91. The van der Waals surface area contributed by atoms with Crippen molar-refractivity contribution in [2.45, 2.75) is 51.2 Å². The number of hydrogen-bond acceptors (Lipinski definition) is 3. The third-order valence-electron chi connectivity index (χ3n) is 4.93. The van der Waals surface area contributed by atoms with E-state index in [9.17, 15) is 32.7 Å². The summed E-state index contributed by atoms with van der Waals surface area (Å²) in [5.74, 6) is -1.22. The van der Waals surface area contributed by atoms with E-state index in [1.165, 1.54) is 25.2 Å². The van der Waals surface area contributed by atoms with Crippen molar-refractivity contribution < 1.29 is 32.7 Å². The standard InChI is InChI=1S/C20H25Cl2F3N2O4/c1-18(2,3)16(26-17(30)31)19(7-8-28,12-5-6-13(21)14(22)9-12)11-27(4)15(29)10-20(23,24)25/h5-6,8-9,16,26H,7,10-11H2,1-4H3,(H,30,31). The van der Waals surface area contributed by atoms with Crippen LogP contribution in [0.4, 0.5) is 18.0 Å². The summed E-state index contributed by atoms with van der Waals surface area (Å²) in [6, 6.07) is 3.40. The molecule has 1 aromatic rings. The molecule has 31 heavy (non-hydrogen) atoms. The smallest absolute Gasteiger partial charge is 0.404 e. The van der Waals surface area contributed by atoms with E-state index in [1.54, 1.807) is 20.8 Å². The lowest BCUT2D eigenvalue weighted by atomic mass is 9.63. The molecule has 0 aliphatic carbocycles. The minimum Gasteiger partial charge on any atom is -0.465 e. The van der Waals surface area contributed by atoms with E-state index in [4.69, 9.17) is 23.2 Å². The van der Waals surface area contributed by atoms with Gasteiger partial charge in [-0.25, -0.2) is 4.79 Å². The SMILES string of the molecule is CN(CC(CC=O)(c1ccc(Cl)c(Cl)c1)C(NC(=O)O)C(C)(C)C)C(=O)CC(F)(F)F. The van der Waals surface area contributed by atoms with E-state index < -0.39 is 41.5 Å². The molecule has 11 heteroatoms. The zero-order valence-electron chi connectivity index (χ0n) is 17.5. The number of rotatable bonds is 8. The fourth-order valence-electron chi connectivity index (χ4n) is 3.73. The number of amides is 2. The minimum absolute atomic E-state index is 0.113. The quantitative estimate of drug-likeness (QED) is 0.513. The van der Waals surface area contributed by atoms with Gasteiger partial charge in [-0.2, -0.15) is 13.2 Å². The van der Waals surface area contributed by atoms with Crippen molar-refractivity contribution >= 4 is 41.5 Å². The van der Waals surface area contributed by atoms with Crippen molar-refractivity contribution in [2.24, 2.45) is 5.41 Å². The number of nitrogens with zero attached hydrogens (tertiary/aromatic N) is 1. The highest BCUT2D eigenvalue weighted by atomic mass is 35.5. The Hall–Kier alpha value is -2.00. The van der Waals surface area contributed by atoms with Crippen LogP contribution in [-0.4, -0.2) is 54.1 Å². The average molecular weight is 485 g/mol. The van der Waals surface area contributed by atoms with Crippen molar-refractivity contribution in [3.8, 4) is 0 Å². The van der Waals surface area contributed by atoms with Gasteiger partial charge in [0.15, 0.2) is 0 Å². The van der Waals surface area contributed by atoms with Gasteiger partial charge in [-0.1, -0.05) is 50.0 Å². The second kappa shape index (κ2) is 10.1. The van der Waals surface area contributed by atoms with Gasteiger partial charge in [0.05, 0.1) is 10.0 Å². The maximum Gasteiger partial charge on any atom is 0.404 e. The topological polar surface area (TPSA) is 86.7 Å². The van der Waals surface area contributed by atoms with Gasteiger partial charge in [0, 0.05) is 31.5 Å². The highest BCUT2D eigenvalue weighted by Gasteiger charge is 2.48. The van der Waals surface area contributed by atoms with Crippen LogP contribution in [0.5, 0.6) is 0 Å². The lowest BCUT2D eigenvalue weighted by Crippen LogP contribution is -2.61. The summed E-state index contributed by atoms with van der Waals surface area (Å²) in [5.41, 5.74) is -1.88. The lowest BCUT2D eigenvalue weighted by Gasteiger charge is -2.48. The number of likely N-dealkylation sites (N-methyl/N-ethyl adjacent to an activating group) is 1. The van der Waals surface area contributed by atoms with Crippen LogP contribution in [0.3, 0.4) is 0 Å². The van der Waals surface area contributed by atoms with Crippen molar-refractivity contribution in [2.75, 3.05) is 13.6 Å². The Morgan fingerprint density at radius 1 is 1.19 bits per heavy atom. The molecule has 2 N–H and O–H groups in total. The number of hydrogen-bond donors (Lipinski definition) is 2. The van der Waals surface area contributed by atoms with Crippen LogP contribution >= 0.6 is 23.2 Å². The molecule has 1 rings (SSSR count). The fraction of sp³-hybridized carbons (Fsp3) is 0.550. The molecule has 0 aromatic heterocycles. The fourth-order valence-corrected chi connectivity index (χ4v) is 4.03. The summed E-state index contributed by atoms with van der Waals surface area (Å²) in [5, 5.41) is 12.1. The maximum absolute atomic E-state index is 12.8. The van der Waals surface area contributed by atoms with E-state index in [0.29, 0.717) is 11.8 Å². The van der Waals surface area contributed by atoms with Gasteiger partial charge in [-0.3, -0.25) is 4.79 Å². The molecule has 6 nitrogen and oxygen atoms in total. The summed E-state index contributed by atoms with van der Waals surface area (Å²) in [6.45, 7) is 4.76. The molecule has 0 heterocycles. The number of carbonyl (C=O) groups excluding carboxylic acids is 2. The zero-order valence-corrected chi connectivity index (χ0v) is 19.0. The van der Waals surface area contributed by atoms with Gasteiger partial charge < -0.3 is 20.1 Å². The Morgan fingerprint density at radius 2 is 1.77 bits per heavy atom. The van der Waals surface area contributed by atoms with E-state index in [0.717, 1.165) is 4.90 Å². The van der Waals surface area contributed by atoms with E-state index in [-0.39, 0.29) is 23.0 Å². The van der Waals surface area contributed by atoms with Crippen molar-refractivity contribution in [3.63, 3.8) is 0 Å². The number of carbonyl (C=O) groups is 3. The molecule has 0 spiro atoms. The van der Waals surface area contributed by atoms with Crippen LogP contribution < -0.4 is 5.32 Å². The summed E-state index contributed by atoms with van der Waals surface area (Å²) in [7, 11) is 1.17. The molecular weight excluding hydrogens is 460 g/mol. The maximum atomic E-state index is 12.8. The molecule has 0 aliphatic rings. The number of benzene rings is 1. The van der Waals surface area contributed by atoms with Crippen molar-refractivity contribution in [1.82, 2.24) is 10.2 Å². The number of halogens is 5. The van der Waals surface area contributed by atoms with Gasteiger partial charge >= 0.3 is 12.3 Å². The zero-order chi connectivity index (χ0) is 24.2. The van der Waals surface area contributed by atoms with E-state index >= 15 is 0 Å². The first-order chi connectivity index (χ1) is 14.0. The van der Waals surface area contributed by atoms with Crippen molar-refractivity contribution in [3.05, 3.63) is 33.8 Å². The average Bonchev–Trinajstić information content (AvgIpc) is 2.59. The lowest BCUT2D eigenvalue weighted by molar-refractivity contribution is -0.161. The molecule has 174 valence electrons. The Labute approximate surface area is 188 Å². The largest absolute Gasteiger partial charge is 0.465 e. The van der Waals surface area contributed by atoms with Gasteiger partial charge in [-0.05, 0) is 23.1 Å². The third kappa shape index (κ3) is 7.28. The van der Waals surface area contributed by atoms with Crippen LogP contribution in [0.25, 0.3) is 0 Å². The first kappa shape index (κ1) is 27.0. The molecule has 0 radical (unpaired) electrons. The molecule has 0 bridgehead atoms. The molecular formula is C20H25Cl2F3N2O4. The number of aldehydes is 1. The van der Waals surface area contributed by atoms with Gasteiger partial charge in [0.2, 0.25) is 5.91 Å². The van der Waals surface area contributed by atoms with Gasteiger partial charge in [0.25, 0.3) is 0 Å². The Morgan fingerprint density at radius 3 is 2.19 bits per heavy atom. The Kier molecular flexibility index (Phi) is 8.79. The monoisotopic (exact) mass is 484 g/mol. The summed E-state index contributed by atoms with van der Waals surface area (Å²) < 4.78 is 38.3. The second-order valence-corrected chi connectivity index (χ2v) is 9.26. The van der Waals surface area contributed by atoms with Crippen LogP contribution in [0.1, 0.15) is 39.2 Å². The van der Waals surface area contributed by atoms with Crippen LogP contribution in [-0.2, 0) is 15.0 Å². The highest BCUT2D eigenvalue weighted by Crippen LogP contribution is 2.42. The molecule has 2 atom stereocenters. The van der Waals surface area contributed by atoms with Crippen LogP contribution in [0, 0.1) is 5.41 Å². The molecule has 2 amide bonds. The minimum atomic E-state index is -4.72. The first-order valence-corrected chi connectivity index (χ1v) is 9.98. The molecule has 0 fully saturated rings. The second-order valence-electron chi connectivity index (χ2n) is 8.45. The van der Waals surface area contributed by atoms with E-state index in [1.807, 2.05) is 0 Å². The molecule has 0 saturated heterocycles. The summed E-state index contributed by atoms with van der Waals surface area (Å²) >= 11 is 12.1. The normalized spacial score (nSPS) is 15.0. The molecule has 0 aliphatic heterocycles. The summed E-state index contributed by atoms with van der Waals surface area (Å²) in [4.78, 5) is 36.4. The van der Waals surface area contributed by atoms with Gasteiger partial charge in [-0.15, -0.1) is 0 Å². The molecule has 0 saturated carbocycles.